The molecule has 1 N–H and O–H groups in total. The zero-order valence-corrected chi connectivity index (χ0v) is 14.3. The number of aryl methyl sites for hydroxylation is 1. The highest BCUT2D eigenvalue weighted by Crippen LogP contribution is 2.27. The van der Waals surface area contributed by atoms with Crippen molar-refractivity contribution in [3.8, 4) is 0 Å². The molecular formula is C19H21N5O. The number of hydrogen-bond acceptors (Lipinski definition) is 4. The number of amides is 1. The molecule has 25 heavy (non-hydrogen) atoms. The molecule has 0 aliphatic carbocycles. The molecule has 0 spiro atoms. The van der Waals surface area contributed by atoms with Gasteiger partial charge in [0, 0.05) is 37.8 Å². The van der Waals surface area contributed by atoms with Crippen molar-refractivity contribution >= 4 is 16.9 Å². The van der Waals surface area contributed by atoms with Crippen LogP contribution in [0.3, 0.4) is 0 Å². The van der Waals surface area contributed by atoms with Gasteiger partial charge in [0.2, 0.25) is 0 Å². The maximum Gasteiger partial charge on any atom is 0.257 e. The second-order valence-corrected chi connectivity index (χ2v) is 6.47. The van der Waals surface area contributed by atoms with E-state index in [0.717, 1.165) is 48.5 Å². The van der Waals surface area contributed by atoms with Gasteiger partial charge < -0.3 is 9.88 Å². The number of rotatable bonds is 3. The molecule has 6 nitrogen and oxygen atoms in total. The topological polar surface area (TPSA) is 74.8 Å². The number of nitrogens with one attached hydrogen (secondary N) is 1. The summed E-state index contributed by atoms with van der Waals surface area (Å²) in [5.41, 5.74) is 2.58. The quantitative estimate of drug-likeness (QED) is 0.798. The summed E-state index contributed by atoms with van der Waals surface area (Å²) in [7, 11) is 0. The van der Waals surface area contributed by atoms with Crippen LogP contribution in [0.1, 0.15) is 47.7 Å². The molecule has 1 aliphatic rings. The van der Waals surface area contributed by atoms with Crippen LogP contribution in [0.4, 0.5) is 0 Å². The first-order valence-electron chi connectivity index (χ1n) is 8.79. The molecule has 4 rings (SSSR count). The minimum absolute atomic E-state index is 0.00321. The van der Waals surface area contributed by atoms with Crippen LogP contribution < -0.4 is 0 Å². The van der Waals surface area contributed by atoms with Gasteiger partial charge in [0.25, 0.3) is 5.91 Å². The first-order valence-corrected chi connectivity index (χ1v) is 8.79. The van der Waals surface area contributed by atoms with Crippen LogP contribution in [-0.4, -0.2) is 43.8 Å². The number of piperidine rings is 1. The summed E-state index contributed by atoms with van der Waals surface area (Å²) in [5, 5.41) is 0. The fraction of sp³-hybridized carbons (Fsp3) is 0.368. The van der Waals surface area contributed by atoms with E-state index in [1.54, 1.807) is 12.4 Å². The first kappa shape index (κ1) is 15.7. The summed E-state index contributed by atoms with van der Waals surface area (Å²) in [5.74, 6) is 1.97. The summed E-state index contributed by atoms with van der Waals surface area (Å²) in [6.45, 7) is 3.44. The number of para-hydroxylation sites is 2. The fourth-order valence-corrected chi connectivity index (χ4v) is 3.38. The molecule has 0 radical (unpaired) electrons. The summed E-state index contributed by atoms with van der Waals surface area (Å²) in [6, 6.07) is 8.03. The molecule has 1 fully saturated rings. The minimum atomic E-state index is 0.00321. The van der Waals surface area contributed by atoms with E-state index in [4.69, 9.17) is 4.98 Å². The molecule has 1 aromatic carbocycles. The van der Waals surface area contributed by atoms with Crippen LogP contribution in [0.15, 0.2) is 36.7 Å². The summed E-state index contributed by atoms with van der Waals surface area (Å²) in [6.07, 6.45) is 6.06. The zero-order chi connectivity index (χ0) is 17.2. The van der Waals surface area contributed by atoms with Crippen LogP contribution in [0, 0.1) is 0 Å². The lowest BCUT2D eigenvalue weighted by Crippen LogP contribution is -2.39. The van der Waals surface area contributed by atoms with Crippen LogP contribution in [0.2, 0.25) is 0 Å². The predicted molar refractivity (Wildman–Crippen MR) is 95.4 cm³/mol. The molecule has 1 aliphatic heterocycles. The number of imidazole rings is 1. The van der Waals surface area contributed by atoms with E-state index in [1.165, 1.54) is 0 Å². The molecular weight excluding hydrogens is 314 g/mol. The highest BCUT2D eigenvalue weighted by molar-refractivity contribution is 5.93. The maximum atomic E-state index is 12.8. The maximum absolute atomic E-state index is 12.8. The van der Waals surface area contributed by atoms with Crippen LogP contribution in [-0.2, 0) is 6.42 Å². The molecule has 3 aromatic rings. The number of fused-ring (bicyclic) bond motifs is 1. The van der Waals surface area contributed by atoms with Gasteiger partial charge in [-0.25, -0.2) is 15.0 Å². The standard InChI is InChI=1S/C19H21N5O/c1-2-17-20-10-14(11-21-17)19(25)24-9-5-6-13(12-24)18-22-15-7-3-4-8-16(15)23-18/h3-4,7-8,10-11,13H,2,5-6,9,12H2,1H3,(H,22,23)/t13-/m0/s1. The molecule has 1 saturated heterocycles. The van der Waals surface area contributed by atoms with Crippen molar-refractivity contribution in [1.29, 1.82) is 0 Å². The number of nitrogens with zero attached hydrogens (tertiary/aromatic N) is 4. The van der Waals surface area contributed by atoms with Gasteiger partial charge in [0.1, 0.15) is 11.6 Å². The number of hydrogen-bond donors (Lipinski definition) is 1. The average Bonchev–Trinajstić information content (AvgIpc) is 3.12. The molecule has 1 atom stereocenters. The Balaban J connectivity index is 1.52. The van der Waals surface area contributed by atoms with Crippen molar-refractivity contribution in [1.82, 2.24) is 24.8 Å². The Morgan fingerprint density at radius 3 is 2.84 bits per heavy atom. The van der Waals surface area contributed by atoms with E-state index in [0.29, 0.717) is 12.1 Å². The van der Waals surface area contributed by atoms with Gasteiger partial charge in [-0.3, -0.25) is 4.79 Å². The summed E-state index contributed by atoms with van der Waals surface area (Å²) >= 11 is 0. The molecule has 1 amide bonds. The third kappa shape index (κ3) is 3.12. The number of carbonyl (C=O) groups is 1. The van der Waals surface area contributed by atoms with Gasteiger partial charge in [-0.1, -0.05) is 19.1 Å². The van der Waals surface area contributed by atoms with E-state index >= 15 is 0 Å². The largest absolute Gasteiger partial charge is 0.342 e. The Hall–Kier alpha value is -2.76. The Labute approximate surface area is 146 Å². The minimum Gasteiger partial charge on any atom is -0.342 e. The van der Waals surface area contributed by atoms with E-state index in [-0.39, 0.29) is 11.8 Å². The lowest BCUT2D eigenvalue weighted by molar-refractivity contribution is 0.0704. The van der Waals surface area contributed by atoms with E-state index in [2.05, 4.69) is 15.0 Å². The molecule has 0 bridgehead atoms. The first-order chi connectivity index (χ1) is 12.2. The highest BCUT2D eigenvalue weighted by Gasteiger charge is 2.27. The van der Waals surface area contributed by atoms with Crippen molar-refractivity contribution in [2.45, 2.75) is 32.1 Å². The molecule has 0 unspecified atom stereocenters. The molecule has 6 heteroatoms. The van der Waals surface area contributed by atoms with Crippen molar-refractivity contribution in [3.05, 3.63) is 53.9 Å². The van der Waals surface area contributed by atoms with E-state index < -0.39 is 0 Å². The average molecular weight is 335 g/mol. The Kier molecular flexibility index (Phi) is 4.17. The van der Waals surface area contributed by atoms with Crippen molar-refractivity contribution < 1.29 is 4.79 Å². The zero-order valence-electron chi connectivity index (χ0n) is 14.3. The smallest absolute Gasteiger partial charge is 0.257 e. The Morgan fingerprint density at radius 2 is 2.08 bits per heavy atom. The van der Waals surface area contributed by atoms with E-state index in [1.807, 2.05) is 36.1 Å². The van der Waals surface area contributed by atoms with Crippen molar-refractivity contribution in [2.75, 3.05) is 13.1 Å². The van der Waals surface area contributed by atoms with Gasteiger partial charge in [-0.05, 0) is 25.0 Å². The summed E-state index contributed by atoms with van der Waals surface area (Å²) in [4.78, 5) is 31.3. The van der Waals surface area contributed by atoms with Gasteiger partial charge in [-0.2, -0.15) is 0 Å². The molecule has 3 heterocycles. The second-order valence-electron chi connectivity index (χ2n) is 6.47. The third-order valence-corrected chi connectivity index (χ3v) is 4.77. The molecule has 2 aromatic heterocycles. The summed E-state index contributed by atoms with van der Waals surface area (Å²) < 4.78 is 0. The number of carbonyl (C=O) groups excluding carboxylic acids is 1. The lowest BCUT2D eigenvalue weighted by Gasteiger charge is -2.31. The van der Waals surface area contributed by atoms with Crippen molar-refractivity contribution in [2.24, 2.45) is 0 Å². The van der Waals surface area contributed by atoms with Crippen LogP contribution >= 0.6 is 0 Å². The monoisotopic (exact) mass is 335 g/mol. The number of benzene rings is 1. The number of aromatic nitrogens is 4. The fourth-order valence-electron chi connectivity index (χ4n) is 3.38. The van der Waals surface area contributed by atoms with E-state index in [9.17, 15) is 4.79 Å². The second kappa shape index (κ2) is 6.63. The molecule has 0 saturated carbocycles. The third-order valence-electron chi connectivity index (χ3n) is 4.77. The molecule has 128 valence electrons. The van der Waals surface area contributed by atoms with Crippen LogP contribution in [0.25, 0.3) is 11.0 Å². The van der Waals surface area contributed by atoms with Crippen LogP contribution in [0.5, 0.6) is 0 Å². The van der Waals surface area contributed by atoms with Gasteiger partial charge in [0.05, 0.1) is 16.6 Å². The number of aromatic amines is 1. The number of likely N-dealkylation sites (tertiary alicyclic amines) is 1. The van der Waals surface area contributed by atoms with Gasteiger partial charge in [0.15, 0.2) is 0 Å². The highest BCUT2D eigenvalue weighted by atomic mass is 16.2. The number of H-pyrrole nitrogens is 1. The normalized spacial score (nSPS) is 17.8. The van der Waals surface area contributed by atoms with Gasteiger partial charge in [-0.15, -0.1) is 0 Å². The Bertz CT molecular complexity index is 853. The van der Waals surface area contributed by atoms with Crippen molar-refractivity contribution in [3.63, 3.8) is 0 Å². The SMILES string of the molecule is CCc1ncc(C(=O)N2CCC[C@H](c3nc4ccccc4[nH]3)C2)cn1. The lowest BCUT2D eigenvalue weighted by atomic mass is 9.97. The van der Waals surface area contributed by atoms with Gasteiger partial charge >= 0.3 is 0 Å². The Morgan fingerprint density at radius 1 is 1.28 bits per heavy atom. The predicted octanol–water partition coefficient (Wildman–Crippen LogP) is 2.94.